The molecule has 0 saturated carbocycles. The fraction of sp³-hybridized carbons (Fsp3) is 0.348. The minimum absolute atomic E-state index is 0.0782. The molecule has 8 heteroatoms. The summed E-state index contributed by atoms with van der Waals surface area (Å²) >= 11 is 0. The molecule has 1 unspecified atom stereocenters. The molecule has 168 valence electrons. The van der Waals surface area contributed by atoms with E-state index in [-0.39, 0.29) is 11.9 Å². The van der Waals surface area contributed by atoms with Gasteiger partial charge in [-0.25, -0.2) is 21.9 Å². The first kappa shape index (κ1) is 24.7. The van der Waals surface area contributed by atoms with Gasteiger partial charge < -0.3 is 9.29 Å². The maximum atomic E-state index is 13.2. The number of benzene rings is 2. The van der Waals surface area contributed by atoms with Crippen molar-refractivity contribution in [2.45, 2.75) is 39.0 Å². The van der Waals surface area contributed by atoms with Crippen LogP contribution < -0.4 is 4.57 Å². The fourth-order valence-corrected chi connectivity index (χ4v) is 2.97. The van der Waals surface area contributed by atoms with Crippen LogP contribution in [0.4, 0.5) is 4.39 Å². The van der Waals surface area contributed by atoms with Crippen LogP contribution in [0, 0.1) is 5.82 Å². The van der Waals surface area contributed by atoms with E-state index in [2.05, 4.69) is 59.0 Å². The van der Waals surface area contributed by atoms with E-state index in [0.29, 0.717) is 19.4 Å². The summed E-state index contributed by atoms with van der Waals surface area (Å²) in [6, 6.07) is 17.1. The summed E-state index contributed by atoms with van der Waals surface area (Å²) in [5.74, 6) is -0.220. The average Bonchev–Trinajstić information content (AvgIpc) is 3.17. The Labute approximate surface area is 183 Å². The van der Waals surface area contributed by atoms with Crippen LogP contribution in [0.1, 0.15) is 30.6 Å². The van der Waals surface area contributed by atoms with E-state index in [9.17, 15) is 4.39 Å². The van der Waals surface area contributed by atoms with E-state index in [1.165, 1.54) is 17.7 Å². The second-order valence-electron chi connectivity index (χ2n) is 7.20. The Morgan fingerprint density at radius 2 is 1.77 bits per heavy atom. The molecule has 0 amide bonds. The van der Waals surface area contributed by atoms with Crippen molar-refractivity contribution in [3.05, 3.63) is 90.3 Å². The Bertz CT molecular complexity index is 998. The first-order valence-corrected chi connectivity index (χ1v) is 11.9. The van der Waals surface area contributed by atoms with E-state index < -0.39 is 10.1 Å². The number of imidazole rings is 1. The van der Waals surface area contributed by atoms with Gasteiger partial charge >= 0.3 is 0 Å². The van der Waals surface area contributed by atoms with Crippen molar-refractivity contribution in [2.24, 2.45) is 0 Å². The molecule has 3 rings (SSSR count). The predicted octanol–water partition coefficient (Wildman–Crippen LogP) is 3.49. The molecule has 0 spiro atoms. The second kappa shape index (κ2) is 12.3. The molecule has 1 aromatic heterocycles. The van der Waals surface area contributed by atoms with Crippen LogP contribution >= 0.6 is 0 Å². The van der Waals surface area contributed by atoms with Crippen LogP contribution in [0.15, 0.2) is 73.3 Å². The number of ether oxygens (including phenoxy) is 1. The molecule has 31 heavy (non-hydrogen) atoms. The van der Waals surface area contributed by atoms with Gasteiger partial charge in [-0.15, -0.1) is 0 Å². The number of hydrogen-bond acceptors (Lipinski definition) is 4. The highest BCUT2D eigenvalue weighted by Crippen LogP contribution is 2.18. The lowest BCUT2D eigenvalue weighted by Crippen LogP contribution is -2.35. The summed E-state index contributed by atoms with van der Waals surface area (Å²) in [6.07, 6.45) is 8.75. The van der Waals surface area contributed by atoms with E-state index in [0.717, 1.165) is 24.9 Å². The van der Waals surface area contributed by atoms with Gasteiger partial charge in [0, 0.05) is 19.3 Å². The zero-order valence-corrected chi connectivity index (χ0v) is 18.7. The Balaban J connectivity index is 0.000000614. The summed E-state index contributed by atoms with van der Waals surface area (Å²) < 4.78 is 50.8. The average molecular weight is 449 g/mol. The normalized spacial score (nSPS) is 12.1. The van der Waals surface area contributed by atoms with Crippen LogP contribution in [0.2, 0.25) is 0 Å². The SMILES string of the molecule is CCCOC(C[n+]1ccn(CCc2ccccc2)c1)c1ccc(F)cc1.CS(=O)(=O)[O-]. The minimum atomic E-state index is -3.92. The Morgan fingerprint density at radius 3 is 2.39 bits per heavy atom. The highest BCUT2D eigenvalue weighted by molar-refractivity contribution is 7.84. The second-order valence-corrected chi connectivity index (χ2v) is 8.61. The van der Waals surface area contributed by atoms with Crippen molar-refractivity contribution >= 4 is 10.1 Å². The molecule has 0 aliphatic heterocycles. The molecule has 0 aliphatic carbocycles. The summed E-state index contributed by atoms with van der Waals surface area (Å²) in [5, 5.41) is 0. The zero-order chi connectivity index (χ0) is 22.7. The molecule has 1 heterocycles. The highest BCUT2D eigenvalue weighted by Gasteiger charge is 2.16. The molecular formula is C23H29FN2O4S. The van der Waals surface area contributed by atoms with Crippen LogP contribution in [-0.4, -0.2) is 30.4 Å². The number of hydrogen-bond donors (Lipinski definition) is 0. The third-order valence-corrected chi connectivity index (χ3v) is 4.39. The quantitative estimate of drug-likeness (QED) is 0.371. The molecule has 6 nitrogen and oxygen atoms in total. The van der Waals surface area contributed by atoms with Crippen molar-refractivity contribution < 1.29 is 26.7 Å². The Kier molecular flexibility index (Phi) is 9.84. The van der Waals surface area contributed by atoms with Gasteiger partial charge in [0.2, 0.25) is 6.33 Å². The van der Waals surface area contributed by atoms with E-state index in [4.69, 9.17) is 17.7 Å². The van der Waals surface area contributed by atoms with Crippen molar-refractivity contribution in [3.63, 3.8) is 0 Å². The minimum Gasteiger partial charge on any atom is -0.748 e. The monoisotopic (exact) mass is 448 g/mol. The third kappa shape index (κ3) is 10.3. The molecule has 0 bridgehead atoms. The number of halogens is 1. The lowest BCUT2D eigenvalue weighted by Gasteiger charge is -2.16. The molecule has 1 atom stereocenters. The van der Waals surface area contributed by atoms with Gasteiger partial charge in [-0.2, -0.15) is 0 Å². The number of rotatable bonds is 9. The Morgan fingerprint density at radius 1 is 1.13 bits per heavy atom. The summed E-state index contributed by atoms with van der Waals surface area (Å²) in [4.78, 5) is 0. The maximum absolute atomic E-state index is 13.2. The predicted molar refractivity (Wildman–Crippen MR) is 116 cm³/mol. The molecule has 0 saturated heterocycles. The van der Waals surface area contributed by atoms with Gasteiger partial charge in [-0.1, -0.05) is 49.4 Å². The Hall–Kier alpha value is -2.55. The molecular weight excluding hydrogens is 419 g/mol. The smallest absolute Gasteiger partial charge is 0.243 e. The van der Waals surface area contributed by atoms with Crippen molar-refractivity contribution in [2.75, 3.05) is 12.9 Å². The topological polar surface area (TPSA) is 75.2 Å². The summed E-state index contributed by atoms with van der Waals surface area (Å²) in [5.41, 5.74) is 2.34. The number of aryl methyl sites for hydroxylation is 2. The molecule has 0 radical (unpaired) electrons. The zero-order valence-electron chi connectivity index (χ0n) is 17.9. The van der Waals surface area contributed by atoms with E-state index in [1.807, 2.05) is 18.2 Å². The fourth-order valence-electron chi connectivity index (χ4n) is 2.97. The maximum Gasteiger partial charge on any atom is 0.243 e. The summed E-state index contributed by atoms with van der Waals surface area (Å²) in [7, 11) is -3.92. The van der Waals surface area contributed by atoms with Crippen LogP contribution in [-0.2, 0) is 34.4 Å². The molecule has 0 fully saturated rings. The first-order chi connectivity index (χ1) is 14.7. The number of nitrogens with zero attached hydrogens (tertiary/aromatic N) is 2. The summed E-state index contributed by atoms with van der Waals surface area (Å²) in [6.45, 7) is 4.43. The largest absolute Gasteiger partial charge is 0.748 e. The van der Waals surface area contributed by atoms with Crippen LogP contribution in [0.5, 0.6) is 0 Å². The van der Waals surface area contributed by atoms with E-state index in [1.54, 1.807) is 0 Å². The van der Waals surface area contributed by atoms with Gasteiger partial charge in [0.25, 0.3) is 0 Å². The molecule has 0 aliphatic rings. The number of aromatic nitrogens is 2. The first-order valence-electron chi connectivity index (χ1n) is 10.1. The van der Waals surface area contributed by atoms with Gasteiger partial charge in [0.15, 0.2) is 0 Å². The lowest BCUT2D eigenvalue weighted by molar-refractivity contribution is -0.704. The van der Waals surface area contributed by atoms with Crippen molar-refractivity contribution in [1.29, 1.82) is 0 Å². The van der Waals surface area contributed by atoms with Gasteiger partial charge in [-0.3, -0.25) is 0 Å². The standard InChI is InChI=1S/C22H26FN2O.CH4O3S/c1-2-16-26-22(20-8-10-21(23)11-9-20)17-25-15-14-24(18-25)13-12-19-6-4-3-5-7-19;1-5(2,3)4/h3-11,14-15,18,22H,2,12-13,16-17H2,1H3;1H3,(H,2,3,4)/q+1;/p-1. The van der Waals surface area contributed by atoms with Crippen molar-refractivity contribution in [3.8, 4) is 0 Å². The van der Waals surface area contributed by atoms with Crippen molar-refractivity contribution in [1.82, 2.24) is 4.57 Å². The highest BCUT2D eigenvalue weighted by atomic mass is 32.2. The van der Waals surface area contributed by atoms with E-state index >= 15 is 0 Å². The third-order valence-electron chi connectivity index (χ3n) is 4.39. The lowest BCUT2D eigenvalue weighted by atomic mass is 10.1. The molecule has 3 aromatic rings. The molecule has 2 aromatic carbocycles. The van der Waals surface area contributed by atoms with Gasteiger partial charge in [0.05, 0.1) is 16.7 Å². The molecule has 0 N–H and O–H groups in total. The van der Waals surface area contributed by atoms with Crippen LogP contribution in [0.25, 0.3) is 0 Å². The van der Waals surface area contributed by atoms with Crippen LogP contribution in [0.3, 0.4) is 0 Å². The van der Waals surface area contributed by atoms with Gasteiger partial charge in [-0.05, 0) is 29.7 Å². The van der Waals surface area contributed by atoms with Gasteiger partial charge in [0.1, 0.15) is 30.9 Å².